The predicted octanol–water partition coefficient (Wildman–Crippen LogP) is 7.56. The van der Waals surface area contributed by atoms with Gasteiger partial charge in [-0.15, -0.1) is 0 Å². The second-order valence-corrected chi connectivity index (χ2v) is 17.7. The average molecular weight is 629 g/mol. The number of hydrogen-bond acceptors (Lipinski definition) is 6. The lowest BCUT2D eigenvalue weighted by molar-refractivity contribution is -0.217. The molecule has 3 saturated heterocycles. The topological polar surface area (TPSA) is 69.3 Å². The van der Waals surface area contributed by atoms with Crippen molar-refractivity contribution in [3.8, 4) is 0 Å². The van der Waals surface area contributed by atoms with Crippen molar-refractivity contribution in [2.75, 3.05) is 32.8 Å². The van der Waals surface area contributed by atoms with Gasteiger partial charge in [-0.25, -0.2) is 4.79 Å². The zero-order chi connectivity index (χ0) is 31.4. The summed E-state index contributed by atoms with van der Waals surface area (Å²) in [6.07, 6.45) is 18.1. The van der Waals surface area contributed by atoms with E-state index < -0.39 is 0 Å². The van der Waals surface area contributed by atoms with Crippen LogP contribution in [-0.4, -0.2) is 74.5 Å². The minimum absolute atomic E-state index is 0.0275. The summed E-state index contributed by atoms with van der Waals surface area (Å²) in [6.45, 7) is 16.3. The number of hydrogen-bond donors (Lipinski definition) is 1. The fraction of sp³-hybridized carbons (Fsp3) is 0.974. The van der Waals surface area contributed by atoms with Crippen LogP contribution in [0.15, 0.2) is 0 Å². The maximum Gasteiger partial charge on any atom is 0.410 e. The van der Waals surface area contributed by atoms with Crippen molar-refractivity contribution in [2.45, 2.75) is 155 Å². The average Bonchev–Trinajstić information content (AvgIpc) is 3.29. The van der Waals surface area contributed by atoms with Crippen molar-refractivity contribution in [2.24, 2.45) is 45.8 Å². The Morgan fingerprint density at radius 2 is 1.73 bits per heavy atom. The number of carbonyl (C=O) groups is 1. The second kappa shape index (κ2) is 12.9. The van der Waals surface area contributed by atoms with Gasteiger partial charge in [0.2, 0.25) is 0 Å². The van der Waals surface area contributed by atoms with E-state index in [1.54, 1.807) is 0 Å². The lowest BCUT2D eigenvalue weighted by Gasteiger charge is -2.61. The van der Waals surface area contributed by atoms with Gasteiger partial charge in [-0.3, -0.25) is 0 Å². The Balaban J connectivity index is 1.07. The SMILES string of the molecule is CC(C)C(OC(=O)N1CCC1)C1CCC2C(CC3C4CCC5CC4(CCCCCC(OC4CNCCO4)C5(C)C)CCC23C)O1. The van der Waals surface area contributed by atoms with Crippen molar-refractivity contribution in [1.29, 1.82) is 0 Å². The van der Waals surface area contributed by atoms with Crippen molar-refractivity contribution < 1.29 is 23.7 Å². The summed E-state index contributed by atoms with van der Waals surface area (Å²) in [5.41, 5.74) is 0.993. The van der Waals surface area contributed by atoms with Gasteiger partial charge in [0.1, 0.15) is 6.10 Å². The molecule has 7 nitrogen and oxygen atoms in total. The van der Waals surface area contributed by atoms with E-state index in [0.29, 0.717) is 28.8 Å². The number of rotatable bonds is 5. The Hall–Kier alpha value is -0.890. The van der Waals surface area contributed by atoms with Crippen LogP contribution in [0.2, 0.25) is 0 Å². The molecule has 2 bridgehead atoms. The Bertz CT molecular complexity index is 1040. The number of nitrogens with zero attached hydrogens (tertiary/aromatic N) is 1. The summed E-state index contributed by atoms with van der Waals surface area (Å²) in [4.78, 5) is 14.7. The van der Waals surface area contributed by atoms with E-state index in [-0.39, 0.29) is 42.0 Å². The second-order valence-electron chi connectivity index (χ2n) is 17.7. The number of likely N-dealkylation sites (tertiary alicyclic amines) is 1. The van der Waals surface area contributed by atoms with E-state index >= 15 is 0 Å². The van der Waals surface area contributed by atoms with Gasteiger partial charge in [0, 0.05) is 26.2 Å². The zero-order valence-electron chi connectivity index (χ0n) is 29.2. The summed E-state index contributed by atoms with van der Waals surface area (Å²) >= 11 is 0. The molecule has 256 valence electrons. The molecule has 7 fully saturated rings. The first-order chi connectivity index (χ1) is 21.6. The molecule has 3 heterocycles. The molecule has 4 saturated carbocycles. The van der Waals surface area contributed by atoms with Crippen molar-refractivity contribution in [3.63, 3.8) is 0 Å². The molecule has 11 atom stereocenters. The quantitative estimate of drug-likeness (QED) is 0.339. The van der Waals surface area contributed by atoms with Crippen LogP contribution >= 0.6 is 0 Å². The van der Waals surface area contributed by atoms with Gasteiger partial charge in [0.15, 0.2) is 6.29 Å². The highest BCUT2D eigenvalue weighted by atomic mass is 16.7. The fourth-order valence-electron chi connectivity index (χ4n) is 11.8. The molecule has 45 heavy (non-hydrogen) atoms. The third-order valence-corrected chi connectivity index (χ3v) is 14.8. The number of amides is 1. The molecule has 7 rings (SSSR count). The highest BCUT2D eigenvalue weighted by Crippen LogP contribution is 2.70. The van der Waals surface area contributed by atoms with Crippen LogP contribution in [0.1, 0.15) is 125 Å². The summed E-state index contributed by atoms with van der Waals surface area (Å²) in [7, 11) is 0. The first-order valence-corrected chi connectivity index (χ1v) is 19.2. The summed E-state index contributed by atoms with van der Waals surface area (Å²) in [5, 5.41) is 3.48. The minimum Gasteiger partial charge on any atom is -0.443 e. The molecule has 1 amide bonds. The first-order valence-electron chi connectivity index (χ1n) is 19.2. The van der Waals surface area contributed by atoms with E-state index in [0.717, 1.165) is 63.9 Å². The van der Waals surface area contributed by atoms with Crippen LogP contribution in [0.3, 0.4) is 0 Å². The molecular formula is C38H64N2O5. The van der Waals surface area contributed by atoms with Crippen molar-refractivity contribution in [3.05, 3.63) is 0 Å². The van der Waals surface area contributed by atoms with Crippen molar-refractivity contribution >= 4 is 6.09 Å². The lowest BCUT2D eigenvalue weighted by Crippen LogP contribution is -2.54. The van der Waals surface area contributed by atoms with Crippen molar-refractivity contribution in [1.82, 2.24) is 10.2 Å². The molecule has 1 N–H and O–H groups in total. The van der Waals surface area contributed by atoms with E-state index in [4.69, 9.17) is 18.9 Å². The molecule has 7 aliphatic rings. The first kappa shape index (κ1) is 32.6. The fourth-order valence-corrected chi connectivity index (χ4v) is 11.8. The molecule has 0 aromatic rings. The van der Waals surface area contributed by atoms with E-state index in [1.807, 2.05) is 4.90 Å². The van der Waals surface area contributed by atoms with E-state index in [1.165, 1.54) is 70.6 Å². The maximum atomic E-state index is 12.8. The maximum absolute atomic E-state index is 12.8. The Morgan fingerprint density at radius 1 is 0.911 bits per heavy atom. The van der Waals surface area contributed by atoms with E-state index in [9.17, 15) is 4.79 Å². The van der Waals surface area contributed by atoms with Crippen LogP contribution < -0.4 is 5.32 Å². The number of morpholine rings is 1. The van der Waals surface area contributed by atoms with Crippen LogP contribution in [0, 0.1) is 45.8 Å². The van der Waals surface area contributed by atoms with Gasteiger partial charge in [0.05, 0.1) is 24.9 Å². The van der Waals surface area contributed by atoms with Gasteiger partial charge < -0.3 is 29.2 Å². The third kappa shape index (κ3) is 6.01. The third-order valence-electron chi connectivity index (χ3n) is 14.8. The predicted molar refractivity (Wildman–Crippen MR) is 176 cm³/mol. The standard InChI is InChI=1S/C38H64N2O5/c1-25(2)34(45-35(41)40-19-9-20-40)30-14-13-28-31(43-30)22-29-27-12-11-26-23-38(27,17-16-37(28,29)5)15-8-6-7-10-32(36(26,3)4)44-33-24-39-18-21-42-33/h25-34,39H,6-24H2,1-5H3. The molecule has 1 spiro atoms. The number of fused-ring (bicyclic) bond motifs is 5. The molecule has 7 heteroatoms. The van der Waals surface area contributed by atoms with Gasteiger partial charge in [-0.2, -0.15) is 0 Å². The number of nitrogens with one attached hydrogen (secondary N) is 1. The molecule has 3 aliphatic heterocycles. The van der Waals surface area contributed by atoms with Crippen LogP contribution in [0.5, 0.6) is 0 Å². The highest BCUT2D eigenvalue weighted by Gasteiger charge is 2.64. The number of ether oxygens (including phenoxy) is 4. The van der Waals surface area contributed by atoms with Crippen LogP contribution in [-0.2, 0) is 18.9 Å². The summed E-state index contributed by atoms with van der Waals surface area (Å²) in [5.74, 6) is 3.17. The Morgan fingerprint density at radius 3 is 2.47 bits per heavy atom. The normalized spacial score (nSPS) is 45.4. The Kier molecular flexibility index (Phi) is 9.33. The largest absolute Gasteiger partial charge is 0.443 e. The monoisotopic (exact) mass is 628 g/mol. The summed E-state index contributed by atoms with van der Waals surface area (Å²) in [6, 6.07) is 0. The van der Waals surface area contributed by atoms with E-state index in [2.05, 4.69) is 39.9 Å². The summed E-state index contributed by atoms with van der Waals surface area (Å²) < 4.78 is 26.1. The Labute approximate surface area is 273 Å². The van der Waals surface area contributed by atoms with Gasteiger partial charge in [0.25, 0.3) is 0 Å². The molecule has 0 aromatic carbocycles. The number of carbonyl (C=O) groups excluding carboxylic acids is 1. The van der Waals surface area contributed by atoms with Crippen LogP contribution in [0.25, 0.3) is 0 Å². The molecule has 11 unspecified atom stereocenters. The molecular weight excluding hydrogens is 564 g/mol. The molecule has 0 radical (unpaired) electrons. The zero-order valence-corrected chi connectivity index (χ0v) is 29.2. The van der Waals surface area contributed by atoms with Gasteiger partial charge >= 0.3 is 6.09 Å². The lowest BCUT2D eigenvalue weighted by atomic mass is 9.44. The minimum atomic E-state index is -0.151. The smallest absolute Gasteiger partial charge is 0.410 e. The highest BCUT2D eigenvalue weighted by molar-refractivity contribution is 5.68. The molecule has 4 aliphatic carbocycles. The molecule has 0 aromatic heterocycles. The van der Waals surface area contributed by atoms with Crippen LogP contribution in [0.4, 0.5) is 4.79 Å². The van der Waals surface area contributed by atoms with Gasteiger partial charge in [-0.05, 0) is 116 Å². The van der Waals surface area contributed by atoms with Gasteiger partial charge in [-0.1, -0.05) is 53.9 Å².